The maximum atomic E-state index is 12.1. The highest BCUT2D eigenvalue weighted by Crippen LogP contribution is 2.25. The predicted octanol–water partition coefficient (Wildman–Crippen LogP) is 1.80. The van der Waals surface area contributed by atoms with E-state index in [0.717, 1.165) is 17.4 Å². The molecule has 10 heteroatoms. The molecule has 0 radical (unpaired) electrons. The van der Waals surface area contributed by atoms with Crippen molar-refractivity contribution in [1.82, 2.24) is 10.2 Å². The first-order chi connectivity index (χ1) is 8.90. The van der Waals surface area contributed by atoms with E-state index in [2.05, 4.69) is 30.8 Å². The molecule has 0 aliphatic rings. The van der Waals surface area contributed by atoms with Gasteiger partial charge in [0, 0.05) is 4.47 Å². The Balaban J connectivity index is 2.45. The number of carboxylic acid groups (broad SMARTS) is 1. The van der Waals surface area contributed by atoms with Crippen LogP contribution >= 0.6 is 27.3 Å². The van der Waals surface area contributed by atoms with Crippen molar-refractivity contribution in [2.75, 3.05) is 4.72 Å². The number of carbonyl (C=O) groups is 1. The van der Waals surface area contributed by atoms with Crippen LogP contribution in [0.5, 0.6) is 0 Å². The van der Waals surface area contributed by atoms with Crippen molar-refractivity contribution in [1.29, 1.82) is 0 Å². The van der Waals surface area contributed by atoms with Crippen LogP contribution in [0.4, 0.5) is 5.13 Å². The quantitative estimate of drug-likeness (QED) is 0.856. The van der Waals surface area contributed by atoms with Gasteiger partial charge in [0.1, 0.15) is 10.4 Å². The molecular formula is C9H6BrN3O4S2. The van der Waals surface area contributed by atoms with Crippen molar-refractivity contribution in [3.8, 4) is 0 Å². The molecule has 0 fully saturated rings. The maximum Gasteiger partial charge on any atom is 0.335 e. The van der Waals surface area contributed by atoms with Crippen molar-refractivity contribution in [3.05, 3.63) is 33.7 Å². The Labute approximate surface area is 120 Å². The minimum Gasteiger partial charge on any atom is -0.478 e. The van der Waals surface area contributed by atoms with Crippen LogP contribution in [-0.4, -0.2) is 29.7 Å². The highest BCUT2D eigenvalue weighted by molar-refractivity contribution is 9.10. The van der Waals surface area contributed by atoms with Crippen LogP contribution in [0.15, 0.2) is 33.1 Å². The number of benzene rings is 1. The van der Waals surface area contributed by atoms with Gasteiger partial charge < -0.3 is 5.11 Å². The molecule has 1 aromatic heterocycles. The second-order valence-corrected chi connectivity index (χ2v) is 6.64. The Hall–Kier alpha value is -1.52. The van der Waals surface area contributed by atoms with E-state index in [0.29, 0.717) is 0 Å². The number of aromatic nitrogens is 2. The van der Waals surface area contributed by atoms with Crippen LogP contribution in [0.3, 0.4) is 0 Å². The average Bonchev–Trinajstić information content (AvgIpc) is 2.81. The molecule has 2 rings (SSSR count). The Morgan fingerprint density at radius 3 is 2.74 bits per heavy atom. The van der Waals surface area contributed by atoms with Crippen molar-refractivity contribution in [2.45, 2.75) is 4.90 Å². The normalized spacial score (nSPS) is 11.2. The minimum atomic E-state index is -3.92. The zero-order chi connectivity index (χ0) is 14.0. The summed E-state index contributed by atoms with van der Waals surface area (Å²) in [6.45, 7) is 0. The summed E-state index contributed by atoms with van der Waals surface area (Å²) in [4.78, 5) is 10.7. The lowest BCUT2D eigenvalue weighted by molar-refractivity contribution is 0.0696. The van der Waals surface area contributed by atoms with Crippen LogP contribution in [0.1, 0.15) is 10.4 Å². The molecule has 0 aliphatic heterocycles. The van der Waals surface area contributed by atoms with Gasteiger partial charge in [-0.3, -0.25) is 4.72 Å². The fraction of sp³-hybridized carbons (Fsp3) is 0. The Morgan fingerprint density at radius 1 is 1.42 bits per heavy atom. The number of halogens is 1. The van der Waals surface area contributed by atoms with Crippen LogP contribution in [-0.2, 0) is 10.0 Å². The Morgan fingerprint density at radius 2 is 2.16 bits per heavy atom. The fourth-order valence-electron chi connectivity index (χ4n) is 1.23. The monoisotopic (exact) mass is 363 g/mol. The largest absolute Gasteiger partial charge is 0.478 e. The first kappa shape index (κ1) is 13.9. The lowest BCUT2D eigenvalue weighted by atomic mass is 10.2. The van der Waals surface area contributed by atoms with Crippen molar-refractivity contribution >= 4 is 48.4 Å². The number of anilines is 1. The molecule has 0 saturated heterocycles. The third-order valence-electron chi connectivity index (χ3n) is 2.05. The summed E-state index contributed by atoms with van der Waals surface area (Å²) in [5.41, 5.74) is 1.25. The molecule has 1 heterocycles. The van der Waals surface area contributed by atoms with Gasteiger partial charge in [-0.25, -0.2) is 13.2 Å². The highest BCUT2D eigenvalue weighted by atomic mass is 79.9. The summed E-state index contributed by atoms with van der Waals surface area (Å²) in [6.07, 6.45) is 0. The lowest BCUT2D eigenvalue weighted by Gasteiger charge is -2.07. The summed E-state index contributed by atoms with van der Waals surface area (Å²) in [5, 5.41) is 16.0. The Kier molecular flexibility index (Phi) is 3.83. The average molecular weight is 364 g/mol. The van der Waals surface area contributed by atoms with E-state index in [9.17, 15) is 13.2 Å². The molecule has 0 bridgehead atoms. The third kappa shape index (κ3) is 3.08. The van der Waals surface area contributed by atoms with E-state index in [1.54, 1.807) is 0 Å². The molecule has 19 heavy (non-hydrogen) atoms. The van der Waals surface area contributed by atoms with Gasteiger partial charge in [0.05, 0.1) is 5.56 Å². The van der Waals surface area contributed by atoms with E-state index in [4.69, 9.17) is 5.11 Å². The maximum absolute atomic E-state index is 12.1. The number of sulfonamides is 1. The van der Waals surface area contributed by atoms with E-state index < -0.39 is 16.0 Å². The molecule has 2 aromatic rings. The van der Waals surface area contributed by atoms with Gasteiger partial charge in [0.25, 0.3) is 10.0 Å². The van der Waals surface area contributed by atoms with Crippen LogP contribution in [0, 0.1) is 0 Å². The van der Waals surface area contributed by atoms with Crippen molar-refractivity contribution in [2.24, 2.45) is 0 Å². The van der Waals surface area contributed by atoms with E-state index in [-0.39, 0.29) is 20.1 Å². The molecule has 0 saturated carbocycles. The Bertz CT molecular complexity index is 715. The summed E-state index contributed by atoms with van der Waals surface area (Å²) in [7, 11) is -3.92. The van der Waals surface area contributed by atoms with Gasteiger partial charge in [-0.2, -0.15) is 0 Å². The lowest BCUT2D eigenvalue weighted by Crippen LogP contribution is -2.14. The summed E-state index contributed by atoms with van der Waals surface area (Å²) in [5.74, 6) is -1.21. The number of hydrogen-bond acceptors (Lipinski definition) is 6. The smallest absolute Gasteiger partial charge is 0.335 e. The number of carboxylic acids is 1. The molecule has 0 atom stereocenters. The van der Waals surface area contributed by atoms with Gasteiger partial charge >= 0.3 is 5.97 Å². The second kappa shape index (κ2) is 5.23. The molecule has 7 nitrogen and oxygen atoms in total. The topological polar surface area (TPSA) is 109 Å². The van der Waals surface area contributed by atoms with Crippen molar-refractivity contribution in [3.63, 3.8) is 0 Å². The van der Waals surface area contributed by atoms with Crippen LogP contribution in [0.25, 0.3) is 0 Å². The number of rotatable bonds is 4. The zero-order valence-corrected chi connectivity index (χ0v) is 12.3. The SMILES string of the molecule is O=C(O)c1ccc(Br)c(S(=O)(=O)Nc2nncs2)c1. The standard InChI is InChI=1S/C9H6BrN3O4S2/c10-6-2-1-5(8(14)15)3-7(6)19(16,17)13-9-12-11-4-18-9/h1-4H,(H,12,13)(H,14,15). The molecule has 1 aromatic carbocycles. The summed E-state index contributed by atoms with van der Waals surface area (Å²) < 4.78 is 26.7. The molecular weight excluding hydrogens is 358 g/mol. The van der Waals surface area contributed by atoms with E-state index >= 15 is 0 Å². The van der Waals surface area contributed by atoms with Gasteiger partial charge in [-0.05, 0) is 34.1 Å². The number of aromatic carboxylic acids is 1. The molecule has 0 aliphatic carbocycles. The third-order valence-corrected chi connectivity index (χ3v) is 5.12. The second-order valence-electron chi connectivity index (χ2n) is 3.30. The first-order valence-corrected chi connectivity index (χ1v) is 7.87. The van der Waals surface area contributed by atoms with Crippen LogP contribution < -0.4 is 4.72 Å². The summed E-state index contributed by atoms with van der Waals surface area (Å²) >= 11 is 4.09. The van der Waals surface area contributed by atoms with Gasteiger partial charge in [-0.15, -0.1) is 10.2 Å². The predicted molar refractivity (Wildman–Crippen MR) is 71.8 cm³/mol. The molecule has 2 N–H and O–H groups in total. The number of nitrogens with zero attached hydrogens (tertiary/aromatic N) is 2. The van der Waals surface area contributed by atoms with Gasteiger partial charge in [0.15, 0.2) is 0 Å². The van der Waals surface area contributed by atoms with E-state index in [1.165, 1.54) is 17.6 Å². The first-order valence-electron chi connectivity index (χ1n) is 4.72. The highest BCUT2D eigenvalue weighted by Gasteiger charge is 2.21. The summed E-state index contributed by atoms with van der Waals surface area (Å²) in [6, 6.07) is 3.73. The van der Waals surface area contributed by atoms with Gasteiger partial charge in [0.2, 0.25) is 5.13 Å². The van der Waals surface area contributed by atoms with Crippen LogP contribution in [0.2, 0.25) is 0 Å². The van der Waals surface area contributed by atoms with E-state index in [1.807, 2.05) is 0 Å². The van der Waals surface area contributed by atoms with Gasteiger partial charge in [-0.1, -0.05) is 11.3 Å². The zero-order valence-electron chi connectivity index (χ0n) is 9.07. The molecule has 100 valence electrons. The number of nitrogens with one attached hydrogen (secondary N) is 1. The fourth-order valence-corrected chi connectivity index (χ4v) is 3.91. The minimum absolute atomic E-state index is 0.104. The van der Waals surface area contributed by atoms with Crippen molar-refractivity contribution < 1.29 is 18.3 Å². The molecule has 0 spiro atoms. The number of hydrogen-bond donors (Lipinski definition) is 2. The molecule has 0 unspecified atom stereocenters. The molecule has 0 amide bonds.